The molecule has 0 unspecified atom stereocenters. The highest BCUT2D eigenvalue weighted by Crippen LogP contribution is 2.14. The largest absolute Gasteiger partial charge is 0.475 e. The minimum atomic E-state index is 0. The van der Waals surface area contributed by atoms with Crippen LogP contribution in [0.1, 0.15) is 11.3 Å². The van der Waals surface area contributed by atoms with Crippen LogP contribution in [-0.4, -0.2) is 54.8 Å². The Morgan fingerprint density at radius 2 is 2.12 bits per heavy atom. The van der Waals surface area contributed by atoms with Gasteiger partial charge in [-0.25, -0.2) is 4.98 Å². The molecule has 0 aliphatic rings. The first-order chi connectivity index (χ1) is 12.2. The summed E-state index contributed by atoms with van der Waals surface area (Å²) in [6.45, 7) is 2.36. The first-order valence-corrected chi connectivity index (χ1v) is 8.23. The van der Waals surface area contributed by atoms with Gasteiger partial charge in [-0.15, -0.1) is 24.0 Å². The van der Waals surface area contributed by atoms with Gasteiger partial charge in [0.25, 0.3) is 0 Å². The second-order valence-electron chi connectivity index (χ2n) is 5.68. The number of nitrogens with one attached hydrogen (secondary N) is 1. The topological polar surface area (TPSA) is 63.9 Å². The summed E-state index contributed by atoms with van der Waals surface area (Å²) in [5, 5.41) is 3.36. The van der Waals surface area contributed by atoms with E-state index in [1.807, 2.05) is 38.5 Å². The lowest BCUT2D eigenvalue weighted by Crippen LogP contribution is -2.38. The van der Waals surface area contributed by atoms with Crippen LogP contribution in [0.2, 0.25) is 0 Å². The molecule has 26 heavy (non-hydrogen) atoms. The number of halogens is 1. The molecular weight excluding hydrogens is 445 g/mol. The zero-order valence-electron chi connectivity index (χ0n) is 15.8. The van der Waals surface area contributed by atoms with Crippen molar-refractivity contribution in [2.75, 3.05) is 34.4 Å². The maximum absolute atomic E-state index is 5.67. The number of aliphatic imine (C=N–C) groups is 1. The van der Waals surface area contributed by atoms with Gasteiger partial charge in [-0.2, -0.15) is 0 Å². The van der Waals surface area contributed by atoms with Gasteiger partial charge in [-0.3, -0.25) is 4.99 Å². The Balaban J connectivity index is 0.00000338. The van der Waals surface area contributed by atoms with Crippen LogP contribution in [0.25, 0.3) is 0 Å². The summed E-state index contributed by atoms with van der Waals surface area (Å²) in [6.07, 6.45) is 3.76. The predicted octanol–water partition coefficient (Wildman–Crippen LogP) is 2.27. The van der Waals surface area contributed by atoms with Gasteiger partial charge in [0.2, 0.25) is 5.88 Å². The molecule has 0 spiro atoms. The maximum Gasteiger partial charge on any atom is 0.218 e. The molecule has 0 atom stereocenters. The highest BCUT2D eigenvalue weighted by atomic mass is 127. The highest BCUT2D eigenvalue weighted by molar-refractivity contribution is 14.0. The zero-order chi connectivity index (χ0) is 18.1. The SMILES string of the molecule is CN=C(NCc1cccnc1OCCOC)N(C)Cc1cccn1C.I. The number of guanidine groups is 1. The fraction of sp³-hybridized carbons (Fsp3) is 0.444. The lowest BCUT2D eigenvalue weighted by Gasteiger charge is -2.22. The number of aryl methyl sites for hydroxylation is 1. The van der Waals surface area contributed by atoms with Crippen molar-refractivity contribution in [3.05, 3.63) is 47.9 Å². The number of methoxy groups -OCH3 is 1. The molecule has 2 heterocycles. The van der Waals surface area contributed by atoms with Gasteiger partial charge < -0.3 is 24.3 Å². The Morgan fingerprint density at radius 3 is 2.77 bits per heavy atom. The van der Waals surface area contributed by atoms with Crippen molar-refractivity contribution in [2.45, 2.75) is 13.1 Å². The van der Waals surface area contributed by atoms with Gasteiger partial charge in [0.1, 0.15) is 6.61 Å². The van der Waals surface area contributed by atoms with Crippen molar-refractivity contribution < 1.29 is 9.47 Å². The van der Waals surface area contributed by atoms with Crippen LogP contribution < -0.4 is 10.1 Å². The molecule has 0 fully saturated rings. The molecule has 2 aromatic heterocycles. The summed E-state index contributed by atoms with van der Waals surface area (Å²) in [4.78, 5) is 10.7. The molecule has 2 aromatic rings. The van der Waals surface area contributed by atoms with E-state index in [0.717, 1.165) is 18.1 Å². The molecule has 1 N–H and O–H groups in total. The molecule has 2 rings (SSSR count). The second kappa shape index (κ2) is 11.7. The van der Waals surface area contributed by atoms with Crippen LogP contribution >= 0.6 is 24.0 Å². The molecule has 8 heteroatoms. The number of rotatable bonds is 8. The average Bonchev–Trinajstić information content (AvgIpc) is 3.01. The summed E-state index contributed by atoms with van der Waals surface area (Å²) >= 11 is 0. The van der Waals surface area contributed by atoms with Gasteiger partial charge in [-0.1, -0.05) is 6.07 Å². The smallest absolute Gasteiger partial charge is 0.218 e. The molecule has 7 nitrogen and oxygen atoms in total. The summed E-state index contributed by atoms with van der Waals surface area (Å²) in [7, 11) is 7.49. The standard InChI is InChI=1S/C18H27N5O2.HI/c1-19-18(23(3)14-16-8-6-10-22(16)2)21-13-15-7-5-9-20-17(15)25-12-11-24-4;/h5-10H,11-14H2,1-4H3,(H,19,21);1H. The minimum absolute atomic E-state index is 0. The van der Waals surface area contributed by atoms with E-state index in [9.17, 15) is 0 Å². The highest BCUT2D eigenvalue weighted by Gasteiger charge is 2.10. The van der Waals surface area contributed by atoms with Crippen LogP contribution in [0.15, 0.2) is 41.7 Å². The second-order valence-corrected chi connectivity index (χ2v) is 5.68. The third-order valence-corrected chi connectivity index (χ3v) is 3.84. The van der Waals surface area contributed by atoms with Crippen molar-refractivity contribution in [1.82, 2.24) is 19.8 Å². The molecule has 0 saturated carbocycles. The first-order valence-electron chi connectivity index (χ1n) is 8.23. The Hall–Kier alpha value is -1.81. The van der Waals surface area contributed by atoms with E-state index in [4.69, 9.17) is 9.47 Å². The molecule has 0 aromatic carbocycles. The molecule has 0 bridgehead atoms. The monoisotopic (exact) mass is 473 g/mol. The van der Waals surface area contributed by atoms with Gasteiger partial charge in [-0.05, 0) is 18.2 Å². The quantitative estimate of drug-likeness (QED) is 0.276. The predicted molar refractivity (Wildman–Crippen MR) is 114 cm³/mol. The number of hydrogen-bond acceptors (Lipinski definition) is 4. The first kappa shape index (κ1) is 22.2. The molecule has 0 radical (unpaired) electrons. The van der Waals surface area contributed by atoms with E-state index in [1.165, 1.54) is 5.69 Å². The summed E-state index contributed by atoms with van der Waals surface area (Å²) in [5.74, 6) is 1.43. The minimum Gasteiger partial charge on any atom is -0.475 e. The van der Waals surface area contributed by atoms with Crippen LogP contribution in [0.4, 0.5) is 0 Å². The van der Waals surface area contributed by atoms with Crippen LogP contribution in [-0.2, 0) is 24.9 Å². The van der Waals surface area contributed by atoms with Gasteiger partial charge in [0.15, 0.2) is 5.96 Å². The molecule has 144 valence electrons. The number of ether oxygens (including phenoxy) is 2. The fourth-order valence-corrected chi connectivity index (χ4v) is 2.45. The third kappa shape index (κ3) is 6.49. The molecule has 0 aliphatic heterocycles. The number of aromatic nitrogens is 2. The van der Waals surface area contributed by atoms with Gasteiger partial charge >= 0.3 is 0 Å². The Labute approximate surface area is 172 Å². The molecule has 0 saturated heterocycles. The van der Waals surface area contributed by atoms with E-state index in [1.54, 1.807) is 20.4 Å². The lowest BCUT2D eigenvalue weighted by molar-refractivity contribution is 0.143. The summed E-state index contributed by atoms with van der Waals surface area (Å²) in [5.41, 5.74) is 2.20. The normalized spacial score (nSPS) is 11.0. The van der Waals surface area contributed by atoms with Crippen molar-refractivity contribution in [1.29, 1.82) is 0 Å². The Bertz CT molecular complexity index is 690. The van der Waals surface area contributed by atoms with Crippen molar-refractivity contribution in [3.8, 4) is 5.88 Å². The number of nitrogens with zero attached hydrogens (tertiary/aromatic N) is 4. The molecule has 0 aliphatic carbocycles. The van der Waals surface area contributed by atoms with Crippen molar-refractivity contribution in [3.63, 3.8) is 0 Å². The summed E-state index contributed by atoms with van der Waals surface area (Å²) in [6, 6.07) is 8.04. The van der Waals surface area contributed by atoms with Crippen LogP contribution in [0, 0.1) is 0 Å². The van der Waals surface area contributed by atoms with Gasteiger partial charge in [0, 0.05) is 58.4 Å². The number of hydrogen-bond donors (Lipinski definition) is 1. The fourth-order valence-electron chi connectivity index (χ4n) is 2.45. The lowest BCUT2D eigenvalue weighted by atomic mass is 10.2. The van der Waals surface area contributed by atoms with E-state index in [-0.39, 0.29) is 24.0 Å². The zero-order valence-corrected chi connectivity index (χ0v) is 18.1. The van der Waals surface area contributed by atoms with Crippen LogP contribution in [0.5, 0.6) is 5.88 Å². The van der Waals surface area contributed by atoms with E-state index >= 15 is 0 Å². The molecular formula is C18H28IN5O2. The molecule has 0 amide bonds. The third-order valence-electron chi connectivity index (χ3n) is 3.84. The van der Waals surface area contributed by atoms with Crippen molar-refractivity contribution in [2.24, 2.45) is 12.0 Å². The Morgan fingerprint density at radius 1 is 1.31 bits per heavy atom. The number of pyridine rings is 1. The van der Waals surface area contributed by atoms with Gasteiger partial charge in [0.05, 0.1) is 13.2 Å². The van der Waals surface area contributed by atoms with E-state index in [2.05, 4.69) is 30.8 Å². The van der Waals surface area contributed by atoms with E-state index < -0.39 is 0 Å². The van der Waals surface area contributed by atoms with Crippen LogP contribution in [0.3, 0.4) is 0 Å². The maximum atomic E-state index is 5.67. The average molecular weight is 473 g/mol. The van der Waals surface area contributed by atoms with Crippen molar-refractivity contribution >= 4 is 29.9 Å². The summed E-state index contributed by atoms with van der Waals surface area (Å²) < 4.78 is 12.8. The van der Waals surface area contributed by atoms with E-state index in [0.29, 0.717) is 25.6 Å². The Kier molecular flexibility index (Phi) is 10.0.